The van der Waals surface area contributed by atoms with Crippen molar-refractivity contribution in [2.24, 2.45) is 0 Å². The van der Waals surface area contributed by atoms with Gasteiger partial charge in [-0.1, -0.05) is 121 Å². The van der Waals surface area contributed by atoms with Gasteiger partial charge < -0.3 is 18.3 Å². The molecule has 4 aromatic heterocycles. The molecule has 0 aliphatic heterocycles. The third kappa shape index (κ3) is 5.56. The lowest BCUT2D eigenvalue weighted by Gasteiger charge is -2.28. The minimum absolute atomic E-state index is 0.837. The van der Waals surface area contributed by atoms with E-state index >= 15 is 0 Å². The van der Waals surface area contributed by atoms with E-state index in [1.54, 1.807) is 0 Å². The molecule has 10 aromatic carbocycles. The topological polar surface area (TPSA) is 34.5 Å². The number of benzene rings is 10. The third-order valence-electron chi connectivity index (χ3n) is 13.2. The van der Waals surface area contributed by atoms with Gasteiger partial charge in [0.2, 0.25) is 0 Å². The highest BCUT2D eigenvalue weighted by Gasteiger charge is 2.24. The molecule has 65 heavy (non-hydrogen) atoms. The summed E-state index contributed by atoms with van der Waals surface area (Å²) in [7, 11) is 0. The first-order valence-electron chi connectivity index (χ1n) is 22.0. The highest BCUT2D eigenvalue weighted by Crippen LogP contribution is 2.48. The second kappa shape index (κ2) is 14.1. The molecule has 304 valence electrons. The zero-order valence-corrected chi connectivity index (χ0v) is 35.7. The largest absolute Gasteiger partial charge is 0.456 e. The molecule has 0 amide bonds. The molecule has 4 heterocycles. The summed E-state index contributed by atoms with van der Waals surface area (Å²) < 4.78 is 18.4. The van der Waals surface area contributed by atoms with Gasteiger partial charge in [-0.2, -0.15) is 0 Å². The van der Waals surface area contributed by atoms with Gasteiger partial charge in [0.05, 0.1) is 16.7 Å². The second-order valence-corrected chi connectivity index (χ2v) is 17.9. The number of hydrogen-bond acceptors (Lipinski definition) is 4. The molecule has 0 saturated heterocycles. The van der Waals surface area contributed by atoms with Crippen LogP contribution in [0.2, 0.25) is 0 Å². The Hall–Kier alpha value is -8.38. The summed E-state index contributed by atoms with van der Waals surface area (Å²) in [5, 5.41) is 9.43. The minimum atomic E-state index is 0.837. The van der Waals surface area contributed by atoms with Crippen LogP contribution in [0, 0.1) is 0 Å². The molecule has 0 saturated carbocycles. The molecular formula is C60H36N2O2S. The van der Waals surface area contributed by atoms with Gasteiger partial charge in [-0.05, 0) is 108 Å². The van der Waals surface area contributed by atoms with Crippen LogP contribution in [-0.4, -0.2) is 4.57 Å². The van der Waals surface area contributed by atoms with E-state index in [9.17, 15) is 0 Å². The van der Waals surface area contributed by atoms with Crippen molar-refractivity contribution in [1.82, 2.24) is 4.57 Å². The lowest BCUT2D eigenvalue weighted by molar-refractivity contribution is 0.669. The molecule has 0 atom stereocenters. The molecule has 0 radical (unpaired) electrons. The van der Waals surface area contributed by atoms with Crippen LogP contribution >= 0.6 is 11.3 Å². The standard InChI is InChI=1S/C60H36N2O2S/c1-6-16-51-43(11-1)44-12-2-7-17-52(44)62(51)41-28-23-38(24-29-41)59-53(33-32-49-46-14-4-9-19-55(46)64-60(49)59)61(42-30-31-47-45-13-3-8-18-54(45)63-56(47)36-42)40-26-21-37(22-27-40)39-25-34-58-50(35-39)48-15-5-10-20-57(48)65-58/h1-36H. The van der Waals surface area contributed by atoms with Gasteiger partial charge in [0, 0.05) is 81.2 Å². The van der Waals surface area contributed by atoms with E-state index in [0.29, 0.717) is 0 Å². The lowest BCUT2D eigenvalue weighted by Crippen LogP contribution is -2.11. The van der Waals surface area contributed by atoms with Gasteiger partial charge in [0.15, 0.2) is 0 Å². The van der Waals surface area contributed by atoms with E-state index in [1.807, 2.05) is 29.5 Å². The maximum Gasteiger partial charge on any atom is 0.145 e. The number of hydrogen-bond donors (Lipinski definition) is 0. The van der Waals surface area contributed by atoms with Gasteiger partial charge in [-0.15, -0.1) is 11.3 Å². The number of fused-ring (bicyclic) bond motifs is 12. The molecule has 4 nitrogen and oxygen atoms in total. The Morgan fingerprint density at radius 3 is 1.66 bits per heavy atom. The van der Waals surface area contributed by atoms with Crippen LogP contribution in [0.4, 0.5) is 17.1 Å². The summed E-state index contributed by atoms with van der Waals surface area (Å²) in [4.78, 5) is 2.36. The van der Waals surface area contributed by atoms with Gasteiger partial charge in [-0.3, -0.25) is 0 Å². The Morgan fingerprint density at radius 1 is 0.354 bits per heavy atom. The van der Waals surface area contributed by atoms with E-state index in [4.69, 9.17) is 8.83 Å². The number of anilines is 3. The molecular weight excluding hydrogens is 813 g/mol. The van der Waals surface area contributed by atoms with Crippen molar-refractivity contribution in [2.45, 2.75) is 0 Å². The monoisotopic (exact) mass is 848 g/mol. The van der Waals surface area contributed by atoms with E-state index < -0.39 is 0 Å². The number of rotatable bonds is 6. The molecule has 14 aromatic rings. The summed E-state index contributed by atoms with van der Waals surface area (Å²) in [6.45, 7) is 0. The van der Waals surface area contributed by atoms with Crippen LogP contribution in [0.1, 0.15) is 0 Å². The summed E-state index contributed by atoms with van der Waals surface area (Å²) in [6, 6.07) is 78.5. The molecule has 0 fully saturated rings. The van der Waals surface area contributed by atoms with Crippen LogP contribution < -0.4 is 4.90 Å². The Kier molecular flexibility index (Phi) is 7.82. The fourth-order valence-corrected chi connectivity index (χ4v) is 11.3. The molecule has 14 rings (SSSR count). The molecule has 0 unspecified atom stereocenters. The molecule has 0 spiro atoms. The van der Waals surface area contributed by atoms with Crippen molar-refractivity contribution < 1.29 is 8.83 Å². The van der Waals surface area contributed by atoms with Crippen molar-refractivity contribution >= 4 is 114 Å². The van der Waals surface area contributed by atoms with Crippen LogP contribution in [0.3, 0.4) is 0 Å². The SMILES string of the molecule is c1ccc2c(c1)oc1cc(N(c3ccc(-c4ccc5sc6ccccc6c5c4)cc3)c3ccc4c(oc5ccccc54)c3-c3ccc(-n4c5ccccc5c5ccccc54)cc3)ccc12. The average molecular weight is 849 g/mol. The quantitative estimate of drug-likeness (QED) is 0.167. The Labute approximate surface area is 377 Å². The Morgan fingerprint density at radius 2 is 0.908 bits per heavy atom. The first kappa shape index (κ1) is 36.1. The van der Waals surface area contributed by atoms with Gasteiger partial charge in [0.25, 0.3) is 0 Å². The number of furan rings is 2. The van der Waals surface area contributed by atoms with Crippen molar-refractivity contribution in [3.63, 3.8) is 0 Å². The highest BCUT2D eigenvalue weighted by molar-refractivity contribution is 7.25. The molecule has 0 aliphatic carbocycles. The van der Waals surface area contributed by atoms with E-state index in [2.05, 4.69) is 210 Å². The first-order chi connectivity index (χ1) is 32.2. The normalized spacial score (nSPS) is 12.0. The van der Waals surface area contributed by atoms with Gasteiger partial charge in [-0.25, -0.2) is 0 Å². The number of para-hydroxylation sites is 4. The van der Waals surface area contributed by atoms with Crippen LogP contribution in [0.5, 0.6) is 0 Å². The third-order valence-corrected chi connectivity index (χ3v) is 14.4. The summed E-state index contributed by atoms with van der Waals surface area (Å²) >= 11 is 1.85. The summed E-state index contributed by atoms with van der Waals surface area (Å²) in [6.07, 6.45) is 0. The number of thiophene rings is 1. The Balaban J connectivity index is 0.976. The highest BCUT2D eigenvalue weighted by atomic mass is 32.1. The van der Waals surface area contributed by atoms with E-state index in [-0.39, 0.29) is 0 Å². The Bertz CT molecular complexity index is 4130. The number of aromatic nitrogens is 1. The zero-order valence-electron chi connectivity index (χ0n) is 34.9. The van der Waals surface area contributed by atoms with Crippen LogP contribution in [0.25, 0.3) is 114 Å². The zero-order chi connectivity index (χ0) is 42.6. The smallest absolute Gasteiger partial charge is 0.145 e. The lowest BCUT2D eigenvalue weighted by atomic mass is 9.97. The van der Waals surface area contributed by atoms with Crippen LogP contribution in [0.15, 0.2) is 227 Å². The fourth-order valence-electron chi connectivity index (χ4n) is 10.2. The number of nitrogens with zero attached hydrogens (tertiary/aromatic N) is 2. The summed E-state index contributed by atoms with van der Waals surface area (Å²) in [5.41, 5.74) is 14.3. The van der Waals surface area contributed by atoms with Gasteiger partial charge >= 0.3 is 0 Å². The van der Waals surface area contributed by atoms with Crippen molar-refractivity contribution in [3.8, 4) is 27.9 Å². The molecule has 0 aliphatic rings. The second-order valence-electron chi connectivity index (χ2n) is 16.8. The molecule has 0 N–H and O–H groups in total. The first-order valence-corrected chi connectivity index (χ1v) is 22.8. The maximum absolute atomic E-state index is 6.91. The van der Waals surface area contributed by atoms with Gasteiger partial charge in [0.1, 0.15) is 22.3 Å². The van der Waals surface area contributed by atoms with Crippen LogP contribution in [-0.2, 0) is 0 Å². The van der Waals surface area contributed by atoms with E-state index in [0.717, 1.165) is 83.3 Å². The van der Waals surface area contributed by atoms with Crippen molar-refractivity contribution in [2.75, 3.05) is 4.90 Å². The average Bonchev–Trinajstić information content (AvgIpc) is 4.13. The molecule has 5 heteroatoms. The van der Waals surface area contributed by atoms with Crippen molar-refractivity contribution in [1.29, 1.82) is 0 Å². The summed E-state index contributed by atoms with van der Waals surface area (Å²) in [5.74, 6) is 0. The van der Waals surface area contributed by atoms with Crippen molar-refractivity contribution in [3.05, 3.63) is 218 Å². The predicted molar refractivity (Wildman–Crippen MR) is 274 cm³/mol. The van der Waals surface area contributed by atoms with E-state index in [1.165, 1.54) is 47.5 Å². The fraction of sp³-hybridized carbons (Fsp3) is 0. The minimum Gasteiger partial charge on any atom is -0.456 e. The molecule has 0 bridgehead atoms. The maximum atomic E-state index is 6.91. The predicted octanol–water partition coefficient (Wildman–Crippen LogP) is 17.8.